The molecule has 0 bridgehead atoms. The number of nitrogens with one attached hydrogen (secondary N) is 1. The van der Waals surface area contributed by atoms with E-state index < -0.39 is 16.1 Å². The molecule has 0 saturated carbocycles. The summed E-state index contributed by atoms with van der Waals surface area (Å²) < 4.78 is 35.3. The molecule has 5 nitrogen and oxygen atoms in total. The van der Waals surface area contributed by atoms with Gasteiger partial charge >= 0.3 is 0 Å². The molecule has 4 aromatic carbocycles. The lowest BCUT2D eigenvalue weighted by Gasteiger charge is -2.22. The minimum Gasteiger partial charge on any atom is -0.507 e. The fraction of sp³-hybridized carbons (Fsp3) is 0.120. The van der Waals surface area contributed by atoms with Gasteiger partial charge in [0, 0.05) is 21.9 Å². The molecule has 0 aliphatic carbocycles. The van der Waals surface area contributed by atoms with Crippen LogP contribution in [0.2, 0.25) is 0 Å². The molecule has 0 saturated heterocycles. The Bertz CT molecular complexity index is 1410. The molecular weight excluding hydrogens is 410 g/mol. The van der Waals surface area contributed by atoms with E-state index in [1.807, 2.05) is 67.6 Å². The standard InChI is InChI=1S/C25H21NO4S/c1-2-30-22-15-21(25(27)20-13-6-4-10-17(20)22)24-19-12-5-3-9-16(19)18-11-7-8-14-23(18)31(28,29)26-24/h3-15,24,26-27H,2H2,1H3. The van der Waals surface area contributed by atoms with Crippen LogP contribution in [0.1, 0.15) is 24.1 Å². The van der Waals surface area contributed by atoms with E-state index in [0.29, 0.717) is 28.9 Å². The molecule has 1 atom stereocenters. The van der Waals surface area contributed by atoms with Crippen molar-refractivity contribution in [2.75, 3.05) is 6.61 Å². The van der Waals surface area contributed by atoms with Gasteiger partial charge in [-0.1, -0.05) is 66.7 Å². The molecule has 0 amide bonds. The third kappa shape index (κ3) is 3.15. The Balaban J connectivity index is 1.82. The number of fused-ring (bicyclic) bond motifs is 4. The maximum absolute atomic E-state index is 13.3. The summed E-state index contributed by atoms with van der Waals surface area (Å²) in [5.41, 5.74) is 2.66. The molecule has 0 aromatic heterocycles. The van der Waals surface area contributed by atoms with Crippen molar-refractivity contribution in [2.24, 2.45) is 0 Å². The zero-order valence-corrected chi connectivity index (χ0v) is 17.7. The van der Waals surface area contributed by atoms with Crippen molar-refractivity contribution in [2.45, 2.75) is 17.9 Å². The molecule has 5 rings (SSSR count). The summed E-state index contributed by atoms with van der Waals surface area (Å²) in [6.45, 7) is 2.34. The highest BCUT2D eigenvalue weighted by atomic mass is 32.2. The summed E-state index contributed by atoms with van der Waals surface area (Å²) in [7, 11) is -3.84. The van der Waals surface area contributed by atoms with Crippen LogP contribution in [0.5, 0.6) is 11.5 Å². The molecule has 6 heteroatoms. The molecule has 1 aliphatic heterocycles. The molecule has 2 N–H and O–H groups in total. The quantitative estimate of drug-likeness (QED) is 0.479. The number of rotatable bonds is 3. The molecule has 31 heavy (non-hydrogen) atoms. The maximum atomic E-state index is 13.3. The Labute approximate surface area is 181 Å². The van der Waals surface area contributed by atoms with Gasteiger partial charge < -0.3 is 9.84 Å². The summed E-state index contributed by atoms with van der Waals surface area (Å²) in [5.74, 6) is 0.636. The summed E-state index contributed by atoms with van der Waals surface area (Å²) in [6.07, 6.45) is 0. The predicted octanol–water partition coefficient (Wildman–Crippen LogP) is 4.99. The van der Waals surface area contributed by atoms with Crippen LogP contribution in [0, 0.1) is 0 Å². The van der Waals surface area contributed by atoms with Crippen LogP contribution in [-0.2, 0) is 10.0 Å². The van der Waals surface area contributed by atoms with E-state index in [9.17, 15) is 13.5 Å². The number of phenols is 1. The third-order valence-corrected chi connectivity index (χ3v) is 7.11. The highest BCUT2D eigenvalue weighted by molar-refractivity contribution is 7.89. The second-order valence-electron chi connectivity index (χ2n) is 7.43. The SMILES string of the molecule is CCOc1cc(C2NS(=O)(=O)c3ccccc3-c3ccccc32)c(O)c2ccccc12. The van der Waals surface area contributed by atoms with E-state index in [0.717, 1.165) is 16.5 Å². The molecule has 0 spiro atoms. The first kappa shape index (κ1) is 19.6. The van der Waals surface area contributed by atoms with Crippen LogP contribution < -0.4 is 9.46 Å². The Morgan fingerprint density at radius 2 is 1.52 bits per heavy atom. The van der Waals surface area contributed by atoms with Crippen LogP contribution in [0.3, 0.4) is 0 Å². The van der Waals surface area contributed by atoms with Crippen LogP contribution in [-0.4, -0.2) is 20.1 Å². The zero-order chi connectivity index (χ0) is 21.6. The van der Waals surface area contributed by atoms with Crippen molar-refractivity contribution >= 4 is 20.8 Å². The molecule has 1 heterocycles. The Morgan fingerprint density at radius 1 is 0.871 bits per heavy atom. The average Bonchev–Trinajstić information content (AvgIpc) is 2.89. The number of aromatic hydroxyl groups is 1. The van der Waals surface area contributed by atoms with E-state index in [1.165, 1.54) is 0 Å². The highest BCUT2D eigenvalue weighted by Crippen LogP contribution is 2.45. The van der Waals surface area contributed by atoms with Gasteiger partial charge in [-0.15, -0.1) is 0 Å². The number of hydrogen-bond acceptors (Lipinski definition) is 4. The fourth-order valence-corrected chi connectivity index (χ4v) is 5.69. The molecule has 0 radical (unpaired) electrons. The summed E-state index contributed by atoms with van der Waals surface area (Å²) in [5, 5.41) is 12.6. The van der Waals surface area contributed by atoms with Crippen molar-refractivity contribution < 1.29 is 18.3 Å². The first-order valence-corrected chi connectivity index (χ1v) is 11.6. The minimum absolute atomic E-state index is 0.0347. The zero-order valence-electron chi connectivity index (χ0n) is 16.9. The lowest BCUT2D eigenvalue weighted by molar-refractivity contribution is 0.343. The molecule has 1 unspecified atom stereocenters. The Hall–Kier alpha value is -3.35. The molecule has 4 aromatic rings. The normalized spacial score (nSPS) is 16.9. The third-order valence-electron chi connectivity index (χ3n) is 5.63. The molecule has 0 fully saturated rings. The van der Waals surface area contributed by atoms with Crippen LogP contribution in [0.25, 0.3) is 21.9 Å². The van der Waals surface area contributed by atoms with Crippen LogP contribution in [0.15, 0.2) is 83.8 Å². The van der Waals surface area contributed by atoms with Gasteiger partial charge in [0.2, 0.25) is 10.0 Å². The smallest absolute Gasteiger partial charge is 0.242 e. The van der Waals surface area contributed by atoms with Crippen molar-refractivity contribution in [3.8, 4) is 22.6 Å². The first-order chi connectivity index (χ1) is 15.0. The maximum Gasteiger partial charge on any atom is 0.242 e. The van der Waals surface area contributed by atoms with Gasteiger partial charge in [0.1, 0.15) is 11.5 Å². The number of ether oxygens (including phenoxy) is 1. The monoisotopic (exact) mass is 431 g/mol. The van der Waals surface area contributed by atoms with E-state index in [-0.39, 0.29) is 10.6 Å². The van der Waals surface area contributed by atoms with E-state index in [2.05, 4.69) is 4.72 Å². The van der Waals surface area contributed by atoms with Gasteiger partial charge in [-0.05, 0) is 30.2 Å². The largest absolute Gasteiger partial charge is 0.507 e. The number of sulfonamides is 1. The van der Waals surface area contributed by atoms with Crippen molar-refractivity contribution in [1.82, 2.24) is 4.72 Å². The predicted molar refractivity (Wildman–Crippen MR) is 121 cm³/mol. The van der Waals surface area contributed by atoms with Gasteiger partial charge in [-0.25, -0.2) is 8.42 Å². The topological polar surface area (TPSA) is 75.6 Å². The van der Waals surface area contributed by atoms with Gasteiger partial charge in [0.15, 0.2) is 0 Å². The second-order valence-corrected chi connectivity index (χ2v) is 9.11. The van der Waals surface area contributed by atoms with Gasteiger partial charge in [0.25, 0.3) is 0 Å². The number of benzene rings is 4. The van der Waals surface area contributed by atoms with Crippen LogP contribution >= 0.6 is 0 Å². The van der Waals surface area contributed by atoms with Crippen LogP contribution in [0.4, 0.5) is 0 Å². The highest BCUT2D eigenvalue weighted by Gasteiger charge is 2.33. The summed E-state index contributed by atoms with van der Waals surface area (Å²) >= 11 is 0. The molecular formula is C25H21NO4S. The second kappa shape index (κ2) is 7.41. The lowest BCUT2D eigenvalue weighted by Crippen LogP contribution is -2.28. The molecule has 156 valence electrons. The van der Waals surface area contributed by atoms with Crippen molar-refractivity contribution in [3.63, 3.8) is 0 Å². The van der Waals surface area contributed by atoms with Gasteiger partial charge in [-0.2, -0.15) is 4.72 Å². The van der Waals surface area contributed by atoms with E-state index in [1.54, 1.807) is 18.2 Å². The van der Waals surface area contributed by atoms with Gasteiger partial charge in [-0.3, -0.25) is 0 Å². The Kier molecular flexibility index (Phi) is 4.68. The minimum atomic E-state index is -3.84. The molecule has 1 aliphatic rings. The first-order valence-electron chi connectivity index (χ1n) is 10.1. The van der Waals surface area contributed by atoms with E-state index >= 15 is 0 Å². The summed E-state index contributed by atoms with van der Waals surface area (Å²) in [4.78, 5) is 0.218. The lowest BCUT2D eigenvalue weighted by atomic mass is 9.90. The number of phenolic OH excluding ortho intramolecular Hbond substituents is 1. The van der Waals surface area contributed by atoms with E-state index in [4.69, 9.17) is 4.74 Å². The summed E-state index contributed by atoms with van der Waals surface area (Å²) in [6, 6.07) is 22.9. The van der Waals surface area contributed by atoms with Crippen molar-refractivity contribution in [1.29, 1.82) is 0 Å². The Morgan fingerprint density at radius 3 is 2.29 bits per heavy atom. The van der Waals surface area contributed by atoms with Crippen molar-refractivity contribution in [3.05, 3.63) is 90.0 Å². The average molecular weight is 432 g/mol. The van der Waals surface area contributed by atoms with Gasteiger partial charge in [0.05, 0.1) is 17.5 Å². The number of hydrogen-bond donors (Lipinski definition) is 2. The fourth-order valence-electron chi connectivity index (χ4n) is 4.27.